The molecule has 0 saturated carbocycles. The molecule has 0 fully saturated rings. The Kier molecular flexibility index (Phi) is 1.59. The van der Waals surface area contributed by atoms with Crippen molar-refractivity contribution in [3.63, 3.8) is 0 Å². The third kappa shape index (κ3) is 1.18. The Labute approximate surface area is 75.1 Å². The van der Waals surface area contributed by atoms with Crippen LogP contribution in [0.1, 0.15) is 10.5 Å². The van der Waals surface area contributed by atoms with Gasteiger partial charge >= 0.3 is 5.97 Å². The molecule has 0 amide bonds. The Balaban J connectivity index is 2.93. The molecule has 0 unspecified atom stereocenters. The summed E-state index contributed by atoms with van der Waals surface area (Å²) < 4.78 is 1.12. The van der Waals surface area contributed by atoms with E-state index in [-0.39, 0.29) is 10.7 Å². The van der Waals surface area contributed by atoms with E-state index >= 15 is 0 Å². The van der Waals surface area contributed by atoms with E-state index in [1.165, 1.54) is 5.51 Å². The number of aromatic carboxylic acids is 1. The summed E-state index contributed by atoms with van der Waals surface area (Å²) in [5.74, 6) is -1.19. The molecule has 2 aromatic heterocycles. The largest absolute Gasteiger partial charge is 0.477 e. The molecule has 0 aliphatic heterocycles. The van der Waals surface area contributed by atoms with Crippen LogP contribution in [0.2, 0.25) is 0 Å². The van der Waals surface area contributed by atoms with E-state index in [1.54, 1.807) is 0 Å². The fourth-order valence-corrected chi connectivity index (χ4v) is 1.54. The minimum Gasteiger partial charge on any atom is -0.477 e. The summed E-state index contributed by atoms with van der Waals surface area (Å²) in [5.41, 5.74) is 0.687. The number of hydrogen-bond donors (Lipinski definition) is 1. The van der Waals surface area contributed by atoms with Crippen molar-refractivity contribution in [3.05, 3.63) is 27.6 Å². The topological polar surface area (TPSA) is 84.6 Å². The van der Waals surface area contributed by atoms with Gasteiger partial charge in [0.1, 0.15) is 5.51 Å². The molecule has 0 atom stereocenters. The van der Waals surface area contributed by atoms with Crippen LogP contribution in [0.5, 0.6) is 0 Å². The minimum atomic E-state index is -1.19. The van der Waals surface area contributed by atoms with Gasteiger partial charge in [-0.05, 0) is 0 Å². The molecular formula is C6H3N3O3S. The maximum absolute atomic E-state index is 10.9. The summed E-state index contributed by atoms with van der Waals surface area (Å²) in [5, 5.41) is 12.4. The maximum atomic E-state index is 10.9. The van der Waals surface area contributed by atoms with Crippen molar-refractivity contribution in [2.45, 2.75) is 0 Å². The number of carbonyl (C=O) groups is 1. The molecule has 7 heteroatoms. The Hall–Kier alpha value is -1.76. The third-order valence-electron chi connectivity index (χ3n) is 1.42. The van der Waals surface area contributed by atoms with Gasteiger partial charge in [0.25, 0.3) is 5.56 Å². The van der Waals surface area contributed by atoms with E-state index in [2.05, 4.69) is 10.1 Å². The van der Waals surface area contributed by atoms with Crippen molar-refractivity contribution in [2.24, 2.45) is 0 Å². The lowest BCUT2D eigenvalue weighted by Gasteiger charge is -1.94. The fraction of sp³-hybridized carbons (Fsp3) is 0. The monoisotopic (exact) mass is 197 g/mol. The van der Waals surface area contributed by atoms with Gasteiger partial charge in [0.15, 0.2) is 5.69 Å². The molecule has 2 aromatic rings. The van der Waals surface area contributed by atoms with Crippen LogP contribution < -0.4 is 5.56 Å². The molecule has 0 bridgehead atoms. The van der Waals surface area contributed by atoms with E-state index in [0.29, 0.717) is 0 Å². The molecule has 13 heavy (non-hydrogen) atoms. The smallest absolute Gasteiger partial charge is 0.354 e. The highest BCUT2D eigenvalue weighted by Gasteiger charge is 2.11. The lowest BCUT2D eigenvalue weighted by molar-refractivity contribution is 0.0687. The van der Waals surface area contributed by atoms with Crippen LogP contribution in [0.25, 0.3) is 4.96 Å². The number of carboxylic acids is 1. The standard InChI is InChI=1S/C6H3N3O3S/c10-4-1-3(5(11)12)9-6(8-4)13-2-7-9/h1-2H,(H,11,12). The van der Waals surface area contributed by atoms with Crippen molar-refractivity contribution in [3.8, 4) is 0 Å². The van der Waals surface area contributed by atoms with Gasteiger partial charge in [-0.1, -0.05) is 11.3 Å². The zero-order valence-corrected chi connectivity index (χ0v) is 6.98. The Morgan fingerprint density at radius 2 is 2.38 bits per heavy atom. The molecular weight excluding hydrogens is 194 g/mol. The average Bonchev–Trinajstić information content (AvgIpc) is 2.49. The lowest BCUT2D eigenvalue weighted by Crippen LogP contribution is -2.15. The molecule has 1 N–H and O–H groups in total. The van der Waals surface area contributed by atoms with Crippen molar-refractivity contribution < 1.29 is 9.90 Å². The highest BCUT2D eigenvalue weighted by Crippen LogP contribution is 2.05. The van der Waals surface area contributed by atoms with Gasteiger partial charge in [-0.3, -0.25) is 4.79 Å². The summed E-state index contributed by atoms with van der Waals surface area (Å²) in [4.78, 5) is 25.4. The van der Waals surface area contributed by atoms with Gasteiger partial charge in [0.2, 0.25) is 4.96 Å². The van der Waals surface area contributed by atoms with Crippen molar-refractivity contribution in [1.82, 2.24) is 14.6 Å². The zero-order valence-electron chi connectivity index (χ0n) is 6.17. The predicted molar refractivity (Wildman–Crippen MR) is 44.1 cm³/mol. The van der Waals surface area contributed by atoms with E-state index < -0.39 is 11.5 Å². The molecule has 0 saturated heterocycles. The normalized spacial score (nSPS) is 10.5. The number of nitrogens with zero attached hydrogens (tertiary/aromatic N) is 3. The SMILES string of the molecule is O=C(O)c1cc(=O)nc2scnn12. The Morgan fingerprint density at radius 3 is 3.08 bits per heavy atom. The molecule has 0 aromatic carbocycles. The summed E-state index contributed by atoms with van der Waals surface area (Å²) in [6.07, 6.45) is 0. The van der Waals surface area contributed by atoms with Gasteiger partial charge in [-0.15, -0.1) is 0 Å². The highest BCUT2D eigenvalue weighted by atomic mass is 32.1. The molecule has 2 heterocycles. The molecule has 0 spiro atoms. The summed E-state index contributed by atoms with van der Waals surface area (Å²) in [6.45, 7) is 0. The maximum Gasteiger partial charge on any atom is 0.354 e. The van der Waals surface area contributed by atoms with Crippen LogP contribution in [0.15, 0.2) is 16.4 Å². The quantitative estimate of drug-likeness (QED) is 0.687. The molecule has 66 valence electrons. The second-order valence-corrected chi connectivity index (χ2v) is 3.03. The van der Waals surface area contributed by atoms with Gasteiger partial charge < -0.3 is 5.11 Å². The first kappa shape index (κ1) is 7.87. The number of carboxylic acid groups (broad SMARTS) is 1. The number of rotatable bonds is 1. The van der Waals surface area contributed by atoms with Crippen LogP contribution in [-0.4, -0.2) is 25.7 Å². The van der Waals surface area contributed by atoms with Crippen molar-refractivity contribution >= 4 is 22.3 Å². The van der Waals surface area contributed by atoms with Crippen LogP contribution in [0.4, 0.5) is 0 Å². The molecule has 6 nitrogen and oxygen atoms in total. The van der Waals surface area contributed by atoms with Crippen molar-refractivity contribution in [2.75, 3.05) is 0 Å². The average molecular weight is 197 g/mol. The van der Waals surface area contributed by atoms with Crippen LogP contribution in [-0.2, 0) is 0 Å². The molecule has 0 radical (unpaired) electrons. The van der Waals surface area contributed by atoms with E-state index in [9.17, 15) is 9.59 Å². The second kappa shape index (κ2) is 2.63. The van der Waals surface area contributed by atoms with Crippen LogP contribution in [0.3, 0.4) is 0 Å². The van der Waals surface area contributed by atoms with E-state index in [4.69, 9.17) is 5.11 Å². The Morgan fingerprint density at radius 1 is 1.62 bits per heavy atom. The fourth-order valence-electron chi connectivity index (χ4n) is 0.913. The second-order valence-electron chi connectivity index (χ2n) is 2.22. The molecule has 0 aliphatic carbocycles. The third-order valence-corrected chi connectivity index (χ3v) is 2.09. The van der Waals surface area contributed by atoms with E-state index in [0.717, 1.165) is 21.9 Å². The predicted octanol–water partition coefficient (Wildman–Crippen LogP) is -0.151. The van der Waals surface area contributed by atoms with Crippen molar-refractivity contribution in [1.29, 1.82) is 0 Å². The van der Waals surface area contributed by atoms with E-state index in [1.807, 2.05) is 0 Å². The summed E-state index contributed by atoms with van der Waals surface area (Å²) in [7, 11) is 0. The Bertz CT molecular complexity index is 529. The highest BCUT2D eigenvalue weighted by molar-refractivity contribution is 7.14. The van der Waals surface area contributed by atoms with Gasteiger partial charge in [0.05, 0.1) is 0 Å². The summed E-state index contributed by atoms with van der Waals surface area (Å²) in [6, 6.07) is 0.940. The first-order chi connectivity index (χ1) is 6.18. The molecule has 2 rings (SSSR count). The number of aromatic nitrogens is 3. The first-order valence-electron chi connectivity index (χ1n) is 3.25. The van der Waals surface area contributed by atoms with Crippen LogP contribution in [0, 0.1) is 0 Å². The number of fused-ring (bicyclic) bond motifs is 1. The lowest BCUT2D eigenvalue weighted by atomic mass is 10.4. The van der Waals surface area contributed by atoms with Gasteiger partial charge in [-0.2, -0.15) is 14.6 Å². The first-order valence-corrected chi connectivity index (χ1v) is 4.13. The number of hydrogen-bond acceptors (Lipinski definition) is 5. The summed E-state index contributed by atoms with van der Waals surface area (Å²) >= 11 is 1.11. The minimum absolute atomic E-state index is 0.170. The van der Waals surface area contributed by atoms with Gasteiger partial charge in [0, 0.05) is 6.07 Å². The molecule has 0 aliphatic rings. The van der Waals surface area contributed by atoms with Crippen LogP contribution >= 0.6 is 11.3 Å². The van der Waals surface area contributed by atoms with Gasteiger partial charge in [-0.25, -0.2) is 4.79 Å². The zero-order chi connectivity index (χ0) is 9.42.